The Morgan fingerprint density at radius 1 is 1.20 bits per heavy atom. The molecule has 1 aromatic heterocycles. The highest BCUT2D eigenvalue weighted by atomic mass is 16.4. The van der Waals surface area contributed by atoms with Crippen LogP contribution < -0.4 is 0 Å². The first-order chi connectivity index (χ1) is 12.1. The third-order valence-electron chi connectivity index (χ3n) is 6.12. The highest BCUT2D eigenvalue weighted by Gasteiger charge is 2.58. The maximum absolute atomic E-state index is 12.5. The van der Waals surface area contributed by atoms with Crippen LogP contribution in [-0.2, 0) is 16.1 Å². The van der Waals surface area contributed by atoms with Crippen LogP contribution in [-0.4, -0.2) is 79.7 Å². The van der Waals surface area contributed by atoms with Gasteiger partial charge in [-0.15, -0.1) is 5.10 Å². The number of fused-ring (bicyclic) bond motifs is 1. The first-order valence-electron chi connectivity index (χ1n) is 9.04. The van der Waals surface area contributed by atoms with Gasteiger partial charge in [-0.25, -0.2) is 4.68 Å². The van der Waals surface area contributed by atoms with Crippen LogP contribution in [0.5, 0.6) is 0 Å². The van der Waals surface area contributed by atoms with E-state index in [1.165, 1.54) is 0 Å². The van der Waals surface area contributed by atoms with E-state index in [0.29, 0.717) is 19.6 Å². The van der Waals surface area contributed by atoms with E-state index in [2.05, 4.69) is 20.4 Å². The number of carbonyl (C=O) groups excluding carboxylic acids is 1. The van der Waals surface area contributed by atoms with E-state index in [1.807, 2.05) is 4.90 Å². The summed E-state index contributed by atoms with van der Waals surface area (Å²) in [6.45, 7) is 3.77. The number of hydrogen-bond donors (Lipinski definition) is 1. The highest BCUT2D eigenvalue weighted by Crippen LogP contribution is 2.44. The van der Waals surface area contributed by atoms with Crippen molar-refractivity contribution in [3.63, 3.8) is 0 Å². The molecule has 3 aliphatic rings. The third-order valence-corrected chi connectivity index (χ3v) is 6.12. The molecule has 0 aromatic carbocycles. The number of carboxylic acid groups (broad SMARTS) is 1. The predicted octanol–water partition coefficient (Wildman–Crippen LogP) is -0.292. The topological polar surface area (TPSA) is 104 Å². The van der Waals surface area contributed by atoms with Crippen molar-refractivity contribution in [1.29, 1.82) is 0 Å². The van der Waals surface area contributed by atoms with Crippen molar-refractivity contribution in [3.05, 3.63) is 6.33 Å². The minimum absolute atomic E-state index is 0.0297. The van der Waals surface area contributed by atoms with Gasteiger partial charge in [0.1, 0.15) is 11.7 Å². The van der Waals surface area contributed by atoms with Crippen LogP contribution in [0.25, 0.3) is 0 Å². The maximum Gasteiger partial charge on any atom is 0.313 e. The fourth-order valence-corrected chi connectivity index (χ4v) is 4.46. The summed E-state index contributed by atoms with van der Waals surface area (Å²) in [4.78, 5) is 28.6. The number of hydrogen-bond acceptors (Lipinski definition) is 6. The van der Waals surface area contributed by atoms with Crippen molar-refractivity contribution in [1.82, 2.24) is 30.0 Å². The number of tetrazole rings is 1. The van der Waals surface area contributed by atoms with Gasteiger partial charge in [-0.05, 0) is 36.2 Å². The Morgan fingerprint density at radius 3 is 2.64 bits per heavy atom. The van der Waals surface area contributed by atoms with E-state index >= 15 is 0 Å². The summed E-state index contributed by atoms with van der Waals surface area (Å²) < 4.78 is 1.68. The molecule has 0 radical (unpaired) electrons. The number of carboxylic acids is 1. The number of nitrogens with zero attached hydrogens (tertiary/aromatic N) is 6. The molecule has 9 nitrogen and oxygen atoms in total. The molecule has 2 aliphatic heterocycles. The smallest absolute Gasteiger partial charge is 0.313 e. The second-order valence-electron chi connectivity index (χ2n) is 7.67. The first kappa shape index (κ1) is 16.4. The quantitative estimate of drug-likeness (QED) is 0.753. The van der Waals surface area contributed by atoms with Crippen LogP contribution in [0.4, 0.5) is 0 Å². The van der Waals surface area contributed by atoms with Gasteiger partial charge in [-0.3, -0.25) is 9.59 Å². The lowest BCUT2D eigenvalue weighted by atomic mass is 9.81. The van der Waals surface area contributed by atoms with Gasteiger partial charge >= 0.3 is 5.97 Å². The number of aromatic nitrogens is 4. The van der Waals surface area contributed by atoms with E-state index in [1.54, 1.807) is 11.0 Å². The fraction of sp³-hybridized carbons (Fsp3) is 0.812. The van der Waals surface area contributed by atoms with Crippen LogP contribution in [0.15, 0.2) is 6.33 Å². The van der Waals surface area contributed by atoms with E-state index in [-0.39, 0.29) is 17.7 Å². The first-order valence-corrected chi connectivity index (χ1v) is 9.04. The van der Waals surface area contributed by atoms with E-state index < -0.39 is 11.4 Å². The molecule has 1 saturated carbocycles. The van der Waals surface area contributed by atoms with Gasteiger partial charge in [0.25, 0.3) is 0 Å². The Morgan fingerprint density at radius 2 is 2.04 bits per heavy atom. The SMILES string of the molecule is O=C(C1CCC1)N1C[C@@H]2CN(CCCn3cnnn3)C[C@]2(C(=O)O)C1. The number of amides is 1. The lowest BCUT2D eigenvalue weighted by Crippen LogP contribution is -2.44. The summed E-state index contributed by atoms with van der Waals surface area (Å²) >= 11 is 0. The third kappa shape index (κ3) is 2.90. The lowest BCUT2D eigenvalue weighted by molar-refractivity contribution is -0.149. The molecule has 4 rings (SSSR count). The van der Waals surface area contributed by atoms with Crippen molar-refractivity contribution >= 4 is 11.9 Å². The molecule has 0 spiro atoms. The molecule has 0 unspecified atom stereocenters. The second kappa shape index (κ2) is 6.36. The van der Waals surface area contributed by atoms with Crippen LogP contribution >= 0.6 is 0 Å². The fourth-order valence-electron chi connectivity index (χ4n) is 4.46. The molecule has 2 saturated heterocycles. The van der Waals surface area contributed by atoms with Crippen LogP contribution in [0.3, 0.4) is 0 Å². The number of aliphatic carboxylic acids is 1. The Kier molecular flexibility index (Phi) is 4.18. The van der Waals surface area contributed by atoms with Crippen molar-refractivity contribution in [2.45, 2.75) is 32.2 Å². The van der Waals surface area contributed by atoms with Gasteiger partial charge in [-0.1, -0.05) is 6.42 Å². The average Bonchev–Trinajstić information content (AvgIpc) is 3.19. The monoisotopic (exact) mass is 348 g/mol. The molecule has 1 aliphatic carbocycles. The summed E-state index contributed by atoms with van der Waals surface area (Å²) in [7, 11) is 0. The summed E-state index contributed by atoms with van der Waals surface area (Å²) in [6.07, 6.45) is 5.50. The molecule has 136 valence electrons. The molecule has 1 N–H and O–H groups in total. The summed E-state index contributed by atoms with van der Waals surface area (Å²) in [5.41, 5.74) is -0.797. The van der Waals surface area contributed by atoms with Crippen molar-refractivity contribution in [2.24, 2.45) is 17.3 Å². The zero-order valence-electron chi connectivity index (χ0n) is 14.3. The van der Waals surface area contributed by atoms with Gasteiger partial charge in [-0.2, -0.15) is 0 Å². The minimum atomic E-state index is -0.797. The molecule has 0 bridgehead atoms. The lowest BCUT2D eigenvalue weighted by Gasteiger charge is -2.31. The second-order valence-corrected chi connectivity index (χ2v) is 7.67. The number of likely N-dealkylation sites (tertiary alicyclic amines) is 2. The van der Waals surface area contributed by atoms with Crippen molar-refractivity contribution in [3.8, 4) is 0 Å². The van der Waals surface area contributed by atoms with Crippen LogP contribution in [0, 0.1) is 17.3 Å². The standard InChI is InChI=1S/C16H24N6O3/c23-14(12-3-1-4-12)21-8-13-7-20(9-16(13,10-21)15(24)25)5-2-6-22-11-17-18-19-22/h11-13H,1-10H2,(H,24,25)/t13-,16-/m0/s1. The molecular weight excluding hydrogens is 324 g/mol. The van der Waals surface area contributed by atoms with Gasteiger partial charge in [0.2, 0.25) is 5.91 Å². The number of aryl methyl sites for hydroxylation is 1. The van der Waals surface area contributed by atoms with Gasteiger partial charge in [0, 0.05) is 44.6 Å². The Labute approximate surface area is 146 Å². The van der Waals surface area contributed by atoms with Crippen LogP contribution in [0.2, 0.25) is 0 Å². The molecule has 1 aromatic rings. The van der Waals surface area contributed by atoms with Crippen LogP contribution in [0.1, 0.15) is 25.7 Å². The van der Waals surface area contributed by atoms with Crippen molar-refractivity contribution in [2.75, 3.05) is 32.7 Å². The Bertz CT molecular complexity index is 646. The average molecular weight is 348 g/mol. The molecule has 9 heteroatoms. The normalized spacial score (nSPS) is 29.6. The summed E-state index contributed by atoms with van der Waals surface area (Å²) in [5, 5.41) is 20.9. The summed E-state index contributed by atoms with van der Waals surface area (Å²) in [6, 6.07) is 0. The summed E-state index contributed by atoms with van der Waals surface area (Å²) in [5.74, 6) is -0.421. The Hall–Kier alpha value is -2.03. The largest absolute Gasteiger partial charge is 0.481 e. The van der Waals surface area contributed by atoms with E-state index in [0.717, 1.165) is 45.3 Å². The van der Waals surface area contributed by atoms with Gasteiger partial charge in [0.05, 0.1) is 0 Å². The van der Waals surface area contributed by atoms with Crippen molar-refractivity contribution < 1.29 is 14.7 Å². The number of carbonyl (C=O) groups is 2. The molecule has 25 heavy (non-hydrogen) atoms. The van der Waals surface area contributed by atoms with E-state index in [4.69, 9.17) is 0 Å². The zero-order chi connectivity index (χ0) is 17.4. The minimum Gasteiger partial charge on any atom is -0.481 e. The number of rotatable bonds is 6. The zero-order valence-corrected chi connectivity index (χ0v) is 14.3. The van der Waals surface area contributed by atoms with E-state index in [9.17, 15) is 14.7 Å². The maximum atomic E-state index is 12.5. The molecule has 1 amide bonds. The molecule has 3 heterocycles. The van der Waals surface area contributed by atoms with Gasteiger partial charge < -0.3 is 14.9 Å². The predicted molar refractivity (Wildman–Crippen MR) is 86.4 cm³/mol. The molecular formula is C16H24N6O3. The van der Waals surface area contributed by atoms with Gasteiger partial charge in [0.15, 0.2) is 0 Å². The molecule has 3 fully saturated rings. The Balaban J connectivity index is 1.35. The molecule has 2 atom stereocenters. The highest BCUT2D eigenvalue weighted by molar-refractivity contribution is 5.83.